The minimum atomic E-state index is -0.948. The van der Waals surface area contributed by atoms with Gasteiger partial charge in [-0.05, 0) is 53.0 Å². The lowest BCUT2D eigenvalue weighted by molar-refractivity contribution is 0.188. The fourth-order valence-electron chi connectivity index (χ4n) is 3.35. The second-order valence-corrected chi connectivity index (χ2v) is 6.58. The molecule has 0 radical (unpaired) electrons. The van der Waals surface area contributed by atoms with Crippen molar-refractivity contribution in [1.29, 1.82) is 0 Å². The molecule has 0 heterocycles. The lowest BCUT2D eigenvalue weighted by Crippen LogP contribution is -2.29. The Kier molecular flexibility index (Phi) is 4.37. The highest BCUT2D eigenvalue weighted by molar-refractivity contribution is 5.67. The quantitative estimate of drug-likeness (QED) is 0.826. The van der Waals surface area contributed by atoms with Crippen molar-refractivity contribution in [3.8, 4) is 11.1 Å². The first-order chi connectivity index (χ1) is 11.0. The molecule has 120 valence electrons. The van der Waals surface area contributed by atoms with Crippen molar-refractivity contribution < 1.29 is 9.90 Å². The van der Waals surface area contributed by atoms with Crippen LogP contribution in [0.5, 0.6) is 0 Å². The van der Waals surface area contributed by atoms with E-state index in [-0.39, 0.29) is 6.04 Å². The maximum atomic E-state index is 10.9. The van der Waals surface area contributed by atoms with Crippen molar-refractivity contribution in [1.82, 2.24) is 5.32 Å². The lowest BCUT2D eigenvalue weighted by atomic mass is 9.85. The van der Waals surface area contributed by atoms with Crippen LogP contribution in [-0.2, 0) is 6.42 Å². The van der Waals surface area contributed by atoms with Crippen LogP contribution in [0.15, 0.2) is 42.5 Å². The van der Waals surface area contributed by atoms with Gasteiger partial charge in [-0.1, -0.05) is 56.3 Å². The van der Waals surface area contributed by atoms with E-state index in [1.165, 1.54) is 22.3 Å². The van der Waals surface area contributed by atoms with Crippen molar-refractivity contribution in [3.05, 3.63) is 59.2 Å². The van der Waals surface area contributed by atoms with Gasteiger partial charge < -0.3 is 10.4 Å². The maximum absolute atomic E-state index is 10.9. The van der Waals surface area contributed by atoms with Crippen LogP contribution in [0.2, 0.25) is 0 Å². The van der Waals surface area contributed by atoms with Gasteiger partial charge in [-0.25, -0.2) is 4.79 Å². The summed E-state index contributed by atoms with van der Waals surface area (Å²) in [6, 6.07) is 15.1. The summed E-state index contributed by atoms with van der Waals surface area (Å²) >= 11 is 0. The highest BCUT2D eigenvalue weighted by Gasteiger charge is 2.21. The van der Waals surface area contributed by atoms with Gasteiger partial charge in [0.1, 0.15) is 0 Å². The number of hydrogen-bond acceptors (Lipinski definition) is 1. The van der Waals surface area contributed by atoms with Crippen LogP contribution < -0.4 is 5.32 Å². The van der Waals surface area contributed by atoms with Gasteiger partial charge in [-0.2, -0.15) is 0 Å². The number of nitrogens with one attached hydrogen (secondary N) is 1. The van der Waals surface area contributed by atoms with E-state index in [4.69, 9.17) is 5.11 Å². The van der Waals surface area contributed by atoms with Gasteiger partial charge in [-0.3, -0.25) is 0 Å². The Balaban J connectivity index is 1.89. The van der Waals surface area contributed by atoms with E-state index < -0.39 is 6.09 Å². The monoisotopic (exact) mass is 309 g/mol. The average Bonchev–Trinajstić information content (AvgIpc) is 2.54. The van der Waals surface area contributed by atoms with Crippen molar-refractivity contribution in [3.63, 3.8) is 0 Å². The number of aryl methyl sites for hydroxylation is 1. The molecule has 2 N–H and O–H groups in total. The Labute approximate surface area is 137 Å². The number of carbonyl (C=O) groups is 1. The molecule has 3 rings (SSSR count). The molecule has 3 nitrogen and oxygen atoms in total. The van der Waals surface area contributed by atoms with Crippen LogP contribution in [0, 0.1) is 0 Å². The first-order valence-electron chi connectivity index (χ1n) is 8.27. The Bertz CT molecular complexity index is 704. The highest BCUT2D eigenvalue weighted by Crippen LogP contribution is 2.33. The fraction of sp³-hybridized carbons (Fsp3) is 0.350. The Hall–Kier alpha value is -2.29. The largest absolute Gasteiger partial charge is 0.465 e. The van der Waals surface area contributed by atoms with Gasteiger partial charge in [-0.15, -0.1) is 0 Å². The molecular weight excluding hydrogens is 286 g/mol. The van der Waals surface area contributed by atoms with Crippen LogP contribution in [0.25, 0.3) is 11.1 Å². The molecule has 2 aromatic rings. The van der Waals surface area contributed by atoms with Gasteiger partial charge in [0.2, 0.25) is 0 Å². The molecule has 0 bridgehead atoms. The standard InChI is InChI=1S/C20H23NO2/c1-13(2)14-6-8-15(9-7-14)16-10-11-18-17(12-16)4-3-5-19(18)21-20(22)23/h6-13,19,21H,3-5H2,1-2H3,(H,22,23). The number of benzene rings is 2. The smallest absolute Gasteiger partial charge is 0.405 e. The topological polar surface area (TPSA) is 49.3 Å². The summed E-state index contributed by atoms with van der Waals surface area (Å²) in [7, 11) is 0. The molecule has 1 unspecified atom stereocenters. The summed E-state index contributed by atoms with van der Waals surface area (Å²) in [5.74, 6) is 0.537. The second-order valence-electron chi connectivity index (χ2n) is 6.58. The maximum Gasteiger partial charge on any atom is 0.405 e. The van der Waals surface area contributed by atoms with Crippen molar-refractivity contribution in [2.24, 2.45) is 0 Å². The summed E-state index contributed by atoms with van der Waals surface area (Å²) in [5, 5.41) is 11.6. The SMILES string of the molecule is CC(C)c1ccc(-c2ccc3c(c2)CCCC3NC(=O)O)cc1. The molecule has 0 aliphatic heterocycles. The van der Waals surface area contributed by atoms with Crippen LogP contribution in [0.3, 0.4) is 0 Å². The number of amides is 1. The highest BCUT2D eigenvalue weighted by atomic mass is 16.4. The minimum Gasteiger partial charge on any atom is -0.465 e. The summed E-state index contributed by atoms with van der Waals surface area (Å²) in [5.41, 5.74) is 6.15. The number of rotatable bonds is 3. The van der Waals surface area contributed by atoms with Crippen LogP contribution in [-0.4, -0.2) is 11.2 Å². The number of hydrogen-bond donors (Lipinski definition) is 2. The molecule has 0 fully saturated rings. The number of fused-ring (bicyclic) bond motifs is 1. The zero-order chi connectivity index (χ0) is 16.4. The fourth-order valence-corrected chi connectivity index (χ4v) is 3.35. The third-order valence-corrected chi connectivity index (χ3v) is 4.67. The molecule has 1 aliphatic carbocycles. The van der Waals surface area contributed by atoms with Crippen LogP contribution in [0.1, 0.15) is 55.3 Å². The normalized spacial score (nSPS) is 16.9. The molecule has 1 amide bonds. The van der Waals surface area contributed by atoms with Gasteiger partial charge >= 0.3 is 6.09 Å². The Morgan fingerprint density at radius 1 is 1.13 bits per heavy atom. The summed E-state index contributed by atoms with van der Waals surface area (Å²) in [6.45, 7) is 4.40. The molecule has 1 aliphatic rings. The molecular formula is C20H23NO2. The van der Waals surface area contributed by atoms with Gasteiger partial charge in [0.25, 0.3) is 0 Å². The van der Waals surface area contributed by atoms with E-state index in [9.17, 15) is 4.79 Å². The molecule has 0 aromatic heterocycles. The summed E-state index contributed by atoms with van der Waals surface area (Å²) < 4.78 is 0. The molecule has 0 spiro atoms. The van der Waals surface area contributed by atoms with E-state index in [1.807, 2.05) is 0 Å². The van der Waals surface area contributed by atoms with Crippen LogP contribution >= 0.6 is 0 Å². The van der Waals surface area contributed by atoms with Crippen LogP contribution in [0.4, 0.5) is 4.79 Å². The van der Waals surface area contributed by atoms with E-state index in [1.54, 1.807) is 0 Å². The third kappa shape index (κ3) is 3.39. The molecule has 23 heavy (non-hydrogen) atoms. The van der Waals surface area contributed by atoms with Crippen molar-refractivity contribution in [2.45, 2.75) is 45.1 Å². The van der Waals surface area contributed by atoms with Gasteiger partial charge in [0.15, 0.2) is 0 Å². The molecule has 0 saturated carbocycles. The lowest BCUT2D eigenvalue weighted by Gasteiger charge is -2.26. The first kappa shape index (κ1) is 15.6. The predicted molar refractivity (Wildman–Crippen MR) is 92.8 cm³/mol. The Morgan fingerprint density at radius 2 is 1.83 bits per heavy atom. The summed E-state index contributed by atoms with van der Waals surface area (Å²) in [6.07, 6.45) is 1.97. The van der Waals surface area contributed by atoms with Crippen molar-refractivity contribution >= 4 is 6.09 Å². The molecule has 0 saturated heterocycles. The number of carboxylic acid groups (broad SMARTS) is 1. The van der Waals surface area contributed by atoms with E-state index in [2.05, 4.69) is 61.6 Å². The first-order valence-corrected chi connectivity index (χ1v) is 8.27. The zero-order valence-corrected chi connectivity index (χ0v) is 13.7. The second kappa shape index (κ2) is 6.45. The van der Waals surface area contributed by atoms with Gasteiger partial charge in [0, 0.05) is 0 Å². The van der Waals surface area contributed by atoms with E-state index >= 15 is 0 Å². The zero-order valence-electron chi connectivity index (χ0n) is 13.7. The van der Waals surface area contributed by atoms with E-state index in [0.29, 0.717) is 5.92 Å². The molecule has 3 heteroatoms. The molecule has 2 aromatic carbocycles. The molecule has 1 atom stereocenters. The summed E-state index contributed by atoms with van der Waals surface area (Å²) in [4.78, 5) is 10.9. The van der Waals surface area contributed by atoms with E-state index in [0.717, 1.165) is 24.8 Å². The Morgan fingerprint density at radius 3 is 2.48 bits per heavy atom. The third-order valence-electron chi connectivity index (χ3n) is 4.67. The average molecular weight is 309 g/mol. The predicted octanol–water partition coefficient (Wildman–Crippen LogP) is 5.12. The van der Waals surface area contributed by atoms with Crippen molar-refractivity contribution in [2.75, 3.05) is 0 Å². The minimum absolute atomic E-state index is 0.0754. The van der Waals surface area contributed by atoms with Gasteiger partial charge in [0.05, 0.1) is 6.04 Å².